The number of anilines is 1. The Balaban J connectivity index is 2.76. The molecule has 14 heavy (non-hydrogen) atoms. The molecule has 0 saturated heterocycles. The molecule has 0 radical (unpaired) electrons. The third kappa shape index (κ3) is 3.08. The van der Waals surface area contributed by atoms with Crippen LogP contribution in [0.1, 0.15) is 26.7 Å². The highest BCUT2D eigenvalue weighted by atomic mass is 127. The Kier molecular flexibility index (Phi) is 4.57. The molecule has 1 rings (SSSR count). The second-order valence-corrected chi connectivity index (χ2v) is 4.30. The lowest BCUT2D eigenvalue weighted by Crippen LogP contribution is -2.18. The summed E-state index contributed by atoms with van der Waals surface area (Å²) in [5.74, 6) is 0.491. The highest BCUT2D eigenvalue weighted by molar-refractivity contribution is 14.1. The number of nitrogens with zero attached hydrogens (tertiary/aromatic N) is 1. The van der Waals surface area contributed by atoms with Crippen LogP contribution in [0.3, 0.4) is 0 Å². The van der Waals surface area contributed by atoms with E-state index in [-0.39, 0.29) is 5.82 Å². The molecule has 1 N–H and O–H groups in total. The molecule has 78 valence electrons. The van der Waals surface area contributed by atoms with Gasteiger partial charge in [-0.25, -0.2) is 9.37 Å². The van der Waals surface area contributed by atoms with Crippen LogP contribution in [-0.4, -0.2) is 11.0 Å². The molecule has 0 aliphatic rings. The molecule has 1 heterocycles. The van der Waals surface area contributed by atoms with E-state index in [1.54, 1.807) is 0 Å². The zero-order chi connectivity index (χ0) is 10.6. The van der Waals surface area contributed by atoms with Gasteiger partial charge in [-0.05, 0) is 41.5 Å². The lowest BCUT2D eigenvalue weighted by molar-refractivity contribution is 0.618. The first-order valence-corrected chi connectivity index (χ1v) is 5.82. The van der Waals surface area contributed by atoms with E-state index in [1.807, 2.05) is 0 Å². The van der Waals surface area contributed by atoms with Crippen LogP contribution in [0.2, 0.25) is 0 Å². The quantitative estimate of drug-likeness (QED) is 0.862. The van der Waals surface area contributed by atoms with Gasteiger partial charge in [-0.2, -0.15) is 0 Å². The largest absolute Gasteiger partial charge is 0.366 e. The summed E-state index contributed by atoms with van der Waals surface area (Å²) in [4.78, 5) is 4.02. The van der Waals surface area contributed by atoms with Gasteiger partial charge in [0.1, 0.15) is 11.6 Å². The second kappa shape index (κ2) is 5.48. The Labute approximate surface area is 97.5 Å². The minimum atomic E-state index is -0.288. The van der Waals surface area contributed by atoms with Gasteiger partial charge in [-0.15, -0.1) is 0 Å². The van der Waals surface area contributed by atoms with Crippen molar-refractivity contribution in [2.24, 2.45) is 0 Å². The topological polar surface area (TPSA) is 24.9 Å². The van der Waals surface area contributed by atoms with Crippen LogP contribution < -0.4 is 5.32 Å². The number of halogens is 2. The maximum Gasteiger partial charge on any atom is 0.142 e. The second-order valence-electron chi connectivity index (χ2n) is 3.14. The van der Waals surface area contributed by atoms with Crippen molar-refractivity contribution in [1.29, 1.82) is 0 Å². The Hall–Kier alpha value is -0.390. The van der Waals surface area contributed by atoms with Crippen LogP contribution in [0.25, 0.3) is 0 Å². The van der Waals surface area contributed by atoms with Crippen LogP contribution in [0.15, 0.2) is 12.3 Å². The Morgan fingerprint density at radius 3 is 2.64 bits per heavy atom. The fourth-order valence-corrected chi connectivity index (χ4v) is 1.80. The lowest BCUT2D eigenvalue weighted by Gasteiger charge is -2.16. The Bertz CT molecular complexity index is 300. The fourth-order valence-electron chi connectivity index (χ4n) is 1.21. The molecule has 4 heteroatoms. The average molecular weight is 308 g/mol. The molecule has 0 spiro atoms. The van der Waals surface area contributed by atoms with E-state index in [9.17, 15) is 4.39 Å². The molecule has 1 aromatic rings. The molecule has 2 nitrogen and oxygen atoms in total. The predicted octanol–water partition coefficient (Wildman–Crippen LogP) is 3.43. The van der Waals surface area contributed by atoms with Crippen molar-refractivity contribution >= 4 is 28.4 Å². The molecule has 0 aliphatic carbocycles. The molecule has 1 aromatic heterocycles. The van der Waals surface area contributed by atoms with Gasteiger partial charge in [-0.1, -0.05) is 13.8 Å². The Morgan fingerprint density at radius 1 is 1.50 bits per heavy atom. The summed E-state index contributed by atoms with van der Waals surface area (Å²) in [6, 6.07) is 1.90. The maximum atomic E-state index is 12.8. The SMILES string of the molecule is CCC(CC)Nc1ncc(F)cc1I. The molecule has 0 bridgehead atoms. The maximum absolute atomic E-state index is 12.8. The van der Waals surface area contributed by atoms with Crippen molar-refractivity contribution in [3.05, 3.63) is 21.7 Å². The standard InChI is InChI=1S/C10H14FIN2/c1-3-8(4-2)14-10-9(12)5-7(11)6-13-10/h5-6,8H,3-4H2,1-2H3,(H,13,14). The Morgan fingerprint density at radius 2 is 2.14 bits per heavy atom. The smallest absolute Gasteiger partial charge is 0.142 e. The summed E-state index contributed by atoms with van der Waals surface area (Å²) in [5.41, 5.74) is 0. The van der Waals surface area contributed by atoms with Crippen molar-refractivity contribution in [1.82, 2.24) is 4.98 Å². The monoisotopic (exact) mass is 308 g/mol. The first-order chi connectivity index (χ1) is 6.67. The zero-order valence-corrected chi connectivity index (χ0v) is 10.5. The molecule has 0 aliphatic heterocycles. The van der Waals surface area contributed by atoms with Gasteiger partial charge < -0.3 is 5.32 Å². The summed E-state index contributed by atoms with van der Waals surface area (Å²) >= 11 is 2.09. The van der Waals surface area contributed by atoms with Gasteiger partial charge in [0, 0.05) is 6.04 Å². The number of rotatable bonds is 4. The van der Waals surface area contributed by atoms with Crippen molar-refractivity contribution in [3.8, 4) is 0 Å². The van der Waals surface area contributed by atoms with Gasteiger partial charge >= 0.3 is 0 Å². The molecular formula is C10H14FIN2. The molecule has 0 aromatic carbocycles. The first kappa shape index (κ1) is 11.7. The van der Waals surface area contributed by atoms with E-state index in [2.05, 4.69) is 46.7 Å². The number of hydrogen-bond acceptors (Lipinski definition) is 2. The summed E-state index contributed by atoms with van der Waals surface area (Å²) in [5, 5.41) is 3.29. The van der Waals surface area contributed by atoms with Gasteiger partial charge in [-0.3, -0.25) is 0 Å². The minimum Gasteiger partial charge on any atom is -0.366 e. The molecule has 0 fully saturated rings. The number of aromatic nitrogens is 1. The molecule has 0 atom stereocenters. The van der Waals surface area contributed by atoms with E-state index in [1.165, 1.54) is 12.3 Å². The fraction of sp³-hybridized carbons (Fsp3) is 0.500. The van der Waals surface area contributed by atoms with Crippen LogP contribution in [0.4, 0.5) is 10.2 Å². The van der Waals surface area contributed by atoms with Gasteiger partial charge in [0.2, 0.25) is 0 Å². The molecule has 0 unspecified atom stereocenters. The number of hydrogen-bond donors (Lipinski definition) is 1. The number of nitrogens with one attached hydrogen (secondary N) is 1. The summed E-state index contributed by atoms with van der Waals surface area (Å²) in [6.07, 6.45) is 3.34. The van der Waals surface area contributed by atoms with Crippen molar-refractivity contribution < 1.29 is 4.39 Å². The summed E-state index contributed by atoms with van der Waals surface area (Å²) in [7, 11) is 0. The van der Waals surface area contributed by atoms with Crippen LogP contribution in [-0.2, 0) is 0 Å². The first-order valence-electron chi connectivity index (χ1n) is 4.75. The predicted molar refractivity (Wildman–Crippen MR) is 64.9 cm³/mol. The highest BCUT2D eigenvalue weighted by Gasteiger charge is 2.07. The summed E-state index contributed by atoms with van der Waals surface area (Å²) in [6.45, 7) is 4.25. The van der Waals surface area contributed by atoms with Crippen molar-refractivity contribution in [2.75, 3.05) is 5.32 Å². The van der Waals surface area contributed by atoms with Crippen LogP contribution >= 0.6 is 22.6 Å². The normalized spacial score (nSPS) is 10.6. The van der Waals surface area contributed by atoms with Crippen molar-refractivity contribution in [2.45, 2.75) is 32.7 Å². The van der Waals surface area contributed by atoms with Crippen LogP contribution in [0, 0.1) is 9.39 Å². The molecule has 0 saturated carbocycles. The third-order valence-corrected chi connectivity index (χ3v) is 2.96. The van der Waals surface area contributed by atoms with E-state index >= 15 is 0 Å². The lowest BCUT2D eigenvalue weighted by atomic mass is 10.2. The minimum absolute atomic E-state index is 0.288. The van der Waals surface area contributed by atoms with Gasteiger partial charge in [0.05, 0.1) is 9.77 Å². The molecule has 0 amide bonds. The van der Waals surface area contributed by atoms with E-state index < -0.39 is 0 Å². The highest BCUT2D eigenvalue weighted by Crippen LogP contribution is 2.17. The van der Waals surface area contributed by atoms with Crippen LogP contribution in [0.5, 0.6) is 0 Å². The van der Waals surface area contributed by atoms with Gasteiger partial charge in [0.25, 0.3) is 0 Å². The van der Waals surface area contributed by atoms with E-state index in [0.29, 0.717) is 6.04 Å². The average Bonchev–Trinajstić information content (AvgIpc) is 2.17. The molecular weight excluding hydrogens is 294 g/mol. The van der Waals surface area contributed by atoms with Gasteiger partial charge in [0.15, 0.2) is 0 Å². The van der Waals surface area contributed by atoms with E-state index in [4.69, 9.17) is 0 Å². The van der Waals surface area contributed by atoms with Crippen molar-refractivity contribution in [3.63, 3.8) is 0 Å². The van der Waals surface area contributed by atoms with E-state index in [0.717, 1.165) is 22.2 Å². The summed E-state index contributed by atoms with van der Waals surface area (Å²) < 4.78 is 13.6. The third-order valence-electron chi connectivity index (χ3n) is 2.13. The zero-order valence-electron chi connectivity index (χ0n) is 8.35. The number of pyridine rings is 1.